The minimum absolute atomic E-state index is 0.0668. The number of hydrogen-bond donors (Lipinski definition) is 2. The first-order valence-corrected chi connectivity index (χ1v) is 7.42. The van der Waals surface area contributed by atoms with Gasteiger partial charge in [0.1, 0.15) is 0 Å². The third-order valence-corrected chi connectivity index (χ3v) is 3.47. The van der Waals surface area contributed by atoms with Gasteiger partial charge in [0.2, 0.25) is 0 Å². The minimum Gasteiger partial charge on any atom is -0.442 e. The van der Waals surface area contributed by atoms with Gasteiger partial charge in [0.25, 0.3) is 0 Å². The highest BCUT2D eigenvalue weighted by atomic mass is 19.4. The molecule has 1 aromatic carbocycles. The van der Waals surface area contributed by atoms with Crippen molar-refractivity contribution in [2.24, 2.45) is 0 Å². The maximum Gasteiger partial charge on any atom is 0.460 e. The first-order valence-electron chi connectivity index (χ1n) is 7.42. The summed E-state index contributed by atoms with van der Waals surface area (Å²) in [6, 6.07) is 6.81. The van der Waals surface area contributed by atoms with Gasteiger partial charge in [-0.2, -0.15) is 57.1 Å². The highest BCUT2D eigenvalue weighted by Crippen LogP contribution is 2.60. The Hall–Kier alpha value is -2.62. The molecule has 0 aliphatic carbocycles. The number of carbonyl (C=O) groups excluding carboxylic acids is 1. The van der Waals surface area contributed by atoms with Crippen molar-refractivity contribution in [1.82, 2.24) is 5.43 Å². The number of para-hydroxylation sites is 1. The molecular weight excluding hydrogens is 475 g/mol. The second kappa shape index (κ2) is 8.14. The molecule has 0 saturated heterocycles. The smallest absolute Gasteiger partial charge is 0.442 e. The fourth-order valence-corrected chi connectivity index (χ4v) is 1.73. The lowest BCUT2D eigenvalue weighted by molar-refractivity contribution is -0.440. The molecule has 0 aromatic heterocycles. The van der Waals surface area contributed by atoms with Gasteiger partial charge >= 0.3 is 41.9 Å². The Morgan fingerprint density at radius 1 is 0.710 bits per heavy atom. The van der Waals surface area contributed by atoms with Gasteiger partial charge in [0.05, 0.1) is 5.69 Å². The number of alkyl halides is 13. The van der Waals surface area contributed by atoms with E-state index in [1.807, 2.05) is 5.43 Å². The number of benzene rings is 1. The van der Waals surface area contributed by atoms with Gasteiger partial charge in [0.15, 0.2) is 6.61 Å². The summed E-state index contributed by atoms with van der Waals surface area (Å²) in [6.07, 6.45) is -9.54. The van der Waals surface area contributed by atoms with Crippen LogP contribution in [0.5, 0.6) is 0 Å². The number of nitrogens with one attached hydrogen (secondary N) is 2. The molecule has 4 nitrogen and oxygen atoms in total. The zero-order chi connectivity index (χ0) is 24.5. The molecule has 0 atom stereocenters. The van der Waals surface area contributed by atoms with Crippen LogP contribution in [0.3, 0.4) is 0 Å². The Labute approximate surface area is 163 Å². The zero-order valence-electron chi connectivity index (χ0n) is 14.3. The Bertz CT molecular complexity index is 765. The van der Waals surface area contributed by atoms with Crippen molar-refractivity contribution in [3.63, 3.8) is 0 Å². The van der Waals surface area contributed by atoms with Gasteiger partial charge in [-0.15, -0.1) is 0 Å². The van der Waals surface area contributed by atoms with Crippen LogP contribution >= 0.6 is 0 Å². The molecule has 17 heteroatoms. The largest absolute Gasteiger partial charge is 0.460 e. The lowest BCUT2D eigenvalue weighted by Crippen LogP contribution is -2.70. The van der Waals surface area contributed by atoms with E-state index in [1.54, 1.807) is 0 Å². The van der Waals surface area contributed by atoms with Gasteiger partial charge in [-0.05, 0) is 12.1 Å². The summed E-state index contributed by atoms with van der Waals surface area (Å²) >= 11 is 0. The minimum atomic E-state index is -8.01. The predicted molar refractivity (Wildman–Crippen MR) is 75.3 cm³/mol. The summed E-state index contributed by atoms with van der Waals surface area (Å²) in [5.74, 6) is -37.8. The van der Waals surface area contributed by atoms with Crippen molar-refractivity contribution >= 4 is 11.8 Å². The number of ether oxygens (including phenoxy) is 1. The van der Waals surface area contributed by atoms with Gasteiger partial charge in [-0.25, -0.2) is 10.2 Å². The monoisotopic (exact) mass is 484 g/mol. The zero-order valence-corrected chi connectivity index (χ0v) is 14.3. The number of hydrazine groups is 1. The topological polar surface area (TPSA) is 50.4 Å². The lowest BCUT2D eigenvalue weighted by atomic mass is 9.94. The summed E-state index contributed by atoms with van der Waals surface area (Å²) < 4.78 is 171. The normalized spacial score (nSPS) is 14.2. The van der Waals surface area contributed by atoms with Crippen LogP contribution in [0.1, 0.15) is 0 Å². The highest BCUT2D eigenvalue weighted by molar-refractivity contribution is 5.69. The Morgan fingerprint density at radius 2 is 1.16 bits per heavy atom. The standard InChI is InChI=1S/C14H9F13N2O2/c15-9(16,6-31-8(30)29-28-7-4-2-1-3-5-7)10(17,18)11(19,20)12(21,22)13(23,24)14(25,26)27/h1-5,28H,6H2,(H,29,30). The Kier molecular flexibility index (Phi) is 6.94. The van der Waals surface area contributed by atoms with Crippen LogP contribution in [0.4, 0.5) is 67.6 Å². The molecule has 1 rings (SSSR count). The van der Waals surface area contributed by atoms with Crippen molar-refractivity contribution in [1.29, 1.82) is 0 Å². The van der Waals surface area contributed by atoms with Gasteiger partial charge in [-0.3, -0.25) is 5.43 Å². The van der Waals surface area contributed by atoms with Crippen LogP contribution in [-0.2, 0) is 4.74 Å². The number of anilines is 1. The number of carbonyl (C=O) groups is 1. The second-order valence-corrected chi connectivity index (χ2v) is 5.69. The van der Waals surface area contributed by atoms with Crippen molar-refractivity contribution in [3.8, 4) is 0 Å². The molecule has 178 valence electrons. The van der Waals surface area contributed by atoms with E-state index in [2.05, 4.69) is 4.74 Å². The Morgan fingerprint density at radius 3 is 1.61 bits per heavy atom. The fraction of sp³-hybridized carbons (Fsp3) is 0.500. The van der Waals surface area contributed by atoms with Crippen LogP contribution in [0.2, 0.25) is 0 Å². The summed E-state index contributed by atoms with van der Waals surface area (Å²) in [6.45, 7) is -3.09. The third-order valence-electron chi connectivity index (χ3n) is 3.47. The molecule has 0 radical (unpaired) electrons. The van der Waals surface area contributed by atoms with E-state index in [9.17, 15) is 61.9 Å². The van der Waals surface area contributed by atoms with Crippen molar-refractivity contribution < 1.29 is 66.6 Å². The molecule has 0 aliphatic heterocycles. The van der Waals surface area contributed by atoms with Crippen LogP contribution in [0.25, 0.3) is 0 Å². The van der Waals surface area contributed by atoms with Crippen LogP contribution < -0.4 is 10.9 Å². The molecule has 2 N–H and O–H groups in total. The van der Waals surface area contributed by atoms with E-state index < -0.39 is 48.5 Å². The molecule has 0 heterocycles. The Balaban J connectivity index is 2.99. The summed E-state index contributed by atoms with van der Waals surface area (Å²) in [7, 11) is 0. The third kappa shape index (κ3) is 4.68. The molecule has 0 unspecified atom stereocenters. The molecule has 1 amide bonds. The summed E-state index contributed by atoms with van der Waals surface area (Å²) in [5, 5.41) is 0. The van der Waals surface area contributed by atoms with E-state index in [4.69, 9.17) is 0 Å². The van der Waals surface area contributed by atoms with E-state index in [-0.39, 0.29) is 5.69 Å². The average molecular weight is 484 g/mol. The number of amides is 1. The van der Waals surface area contributed by atoms with Gasteiger partial charge in [0, 0.05) is 0 Å². The SMILES string of the molecule is O=C(NNc1ccccc1)OCC(F)(F)C(F)(F)C(F)(F)C(F)(F)C(F)(F)C(F)(F)F. The van der Waals surface area contributed by atoms with Crippen LogP contribution in [-0.4, -0.2) is 48.5 Å². The molecule has 0 saturated carbocycles. The molecule has 0 spiro atoms. The van der Waals surface area contributed by atoms with Gasteiger partial charge in [-0.1, -0.05) is 18.2 Å². The highest BCUT2D eigenvalue weighted by Gasteiger charge is 2.90. The molecular formula is C14H9F13N2O2. The molecule has 1 aromatic rings. The quantitative estimate of drug-likeness (QED) is 0.380. The lowest BCUT2D eigenvalue weighted by Gasteiger charge is -2.39. The first-order chi connectivity index (χ1) is 13.7. The summed E-state index contributed by atoms with van der Waals surface area (Å²) in [4.78, 5) is 11.1. The molecule has 0 aliphatic rings. The molecule has 31 heavy (non-hydrogen) atoms. The first kappa shape index (κ1) is 26.4. The maximum absolute atomic E-state index is 13.4. The number of halogens is 13. The van der Waals surface area contributed by atoms with Gasteiger partial charge < -0.3 is 4.74 Å². The van der Waals surface area contributed by atoms with E-state index in [0.29, 0.717) is 0 Å². The van der Waals surface area contributed by atoms with E-state index >= 15 is 0 Å². The van der Waals surface area contributed by atoms with Crippen molar-refractivity contribution in [2.75, 3.05) is 12.0 Å². The van der Waals surface area contributed by atoms with Crippen LogP contribution in [0, 0.1) is 0 Å². The molecule has 0 bridgehead atoms. The average Bonchev–Trinajstić information content (AvgIpc) is 2.64. The molecule has 0 fully saturated rings. The fourth-order valence-electron chi connectivity index (χ4n) is 1.73. The van der Waals surface area contributed by atoms with E-state index in [1.165, 1.54) is 35.8 Å². The predicted octanol–water partition coefficient (Wildman–Crippen LogP) is 5.48. The van der Waals surface area contributed by atoms with Crippen LogP contribution in [0.15, 0.2) is 30.3 Å². The number of hydrogen-bond acceptors (Lipinski definition) is 3. The van der Waals surface area contributed by atoms with E-state index in [0.717, 1.165) is 0 Å². The second-order valence-electron chi connectivity index (χ2n) is 5.69. The maximum atomic E-state index is 13.4. The summed E-state index contributed by atoms with van der Waals surface area (Å²) in [5.41, 5.74) is 3.47. The number of rotatable bonds is 8. The van der Waals surface area contributed by atoms with Crippen molar-refractivity contribution in [2.45, 2.75) is 35.8 Å². The van der Waals surface area contributed by atoms with Crippen molar-refractivity contribution in [3.05, 3.63) is 30.3 Å².